The molecule has 1 aromatic rings. The zero-order valence-corrected chi connectivity index (χ0v) is 12.3. The van der Waals surface area contributed by atoms with Crippen molar-refractivity contribution in [3.8, 4) is 0 Å². The molecule has 1 rings (SSSR count). The van der Waals surface area contributed by atoms with Gasteiger partial charge in [0.2, 0.25) is 0 Å². The van der Waals surface area contributed by atoms with Crippen LogP contribution in [0.5, 0.6) is 0 Å². The van der Waals surface area contributed by atoms with E-state index in [1.807, 2.05) is 23.5 Å². The lowest BCUT2D eigenvalue weighted by atomic mass is 10.2. The predicted molar refractivity (Wildman–Crippen MR) is 74.5 cm³/mol. The zero-order valence-electron chi connectivity index (χ0n) is 11.5. The summed E-state index contributed by atoms with van der Waals surface area (Å²) in [5.74, 6) is 2.16. The molecule has 0 aliphatic rings. The van der Waals surface area contributed by atoms with E-state index in [9.17, 15) is 0 Å². The number of aryl methyl sites for hydroxylation is 1. The lowest BCUT2D eigenvalue weighted by molar-refractivity contribution is 0.548. The highest BCUT2D eigenvalue weighted by Gasteiger charge is 2.16. The van der Waals surface area contributed by atoms with E-state index in [2.05, 4.69) is 43.1 Å². The molecule has 1 unspecified atom stereocenters. The Kier molecular flexibility index (Phi) is 5.46. The predicted octanol–water partition coefficient (Wildman–Crippen LogP) is 1.96. The highest BCUT2D eigenvalue weighted by atomic mass is 32.2. The summed E-state index contributed by atoms with van der Waals surface area (Å²) in [6, 6.07) is 0.453. The van der Waals surface area contributed by atoms with Gasteiger partial charge in [-0.25, -0.2) is 4.98 Å². The number of nitrogens with one attached hydrogen (secondary N) is 1. The summed E-state index contributed by atoms with van der Waals surface area (Å²) in [5.41, 5.74) is 0. The molecule has 0 amide bonds. The van der Waals surface area contributed by atoms with Crippen LogP contribution in [-0.2, 0) is 13.0 Å². The van der Waals surface area contributed by atoms with Crippen LogP contribution in [0.2, 0.25) is 0 Å². The third kappa shape index (κ3) is 5.08. The van der Waals surface area contributed by atoms with E-state index in [4.69, 9.17) is 0 Å². The molecule has 0 saturated heterocycles. The van der Waals surface area contributed by atoms with E-state index < -0.39 is 0 Å². The highest BCUT2D eigenvalue weighted by molar-refractivity contribution is 8.00. The van der Waals surface area contributed by atoms with Crippen molar-refractivity contribution < 1.29 is 0 Å². The molecule has 0 aliphatic heterocycles. The molecule has 0 fully saturated rings. The van der Waals surface area contributed by atoms with Crippen LogP contribution in [-0.4, -0.2) is 38.4 Å². The van der Waals surface area contributed by atoms with Crippen molar-refractivity contribution in [2.75, 3.05) is 12.8 Å². The van der Waals surface area contributed by atoms with Crippen LogP contribution in [0.25, 0.3) is 0 Å². The van der Waals surface area contributed by atoms with Crippen molar-refractivity contribution in [1.82, 2.24) is 20.1 Å². The average Bonchev–Trinajstić information content (AvgIpc) is 2.70. The maximum Gasteiger partial charge on any atom is 0.138 e. The first-order valence-corrected chi connectivity index (χ1v) is 7.12. The summed E-state index contributed by atoms with van der Waals surface area (Å²) in [7, 11) is 2.01. The molecule has 0 spiro atoms. The van der Waals surface area contributed by atoms with E-state index in [-0.39, 0.29) is 0 Å². The van der Waals surface area contributed by atoms with Crippen LogP contribution in [0.3, 0.4) is 0 Å². The van der Waals surface area contributed by atoms with E-state index in [0.29, 0.717) is 10.8 Å². The van der Waals surface area contributed by atoms with Crippen molar-refractivity contribution in [1.29, 1.82) is 0 Å². The first-order chi connectivity index (χ1) is 7.96. The van der Waals surface area contributed by atoms with Crippen LogP contribution < -0.4 is 5.32 Å². The Morgan fingerprint density at radius 1 is 1.47 bits per heavy atom. The largest absolute Gasteiger partial charge is 0.316 e. The van der Waals surface area contributed by atoms with Gasteiger partial charge in [-0.3, -0.25) is 4.68 Å². The molecule has 0 aromatic carbocycles. The molecule has 1 heterocycles. The summed E-state index contributed by atoms with van der Waals surface area (Å²) in [4.78, 5) is 4.32. The van der Waals surface area contributed by atoms with Gasteiger partial charge < -0.3 is 5.32 Å². The zero-order chi connectivity index (χ0) is 12.9. The summed E-state index contributed by atoms with van der Waals surface area (Å²) in [6.07, 6.45) is 2.58. The van der Waals surface area contributed by atoms with Crippen molar-refractivity contribution in [3.05, 3.63) is 12.2 Å². The fraction of sp³-hybridized carbons (Fsp3) is 0.833. The lowest BCUT2D eigenvalue weighted by Crippen LogP contribution is -2.32. The Hall–Kier alpha value is -0.550. The van der Waals surface area contributed by atoms with E-state index in [0.717, 1.165) is 24.5 Å². The molecule has 0 aliphatic carbocycles. The standard InChI is InChI=1S/C12H24N4S/c1-6-16-11(14-9-15-16)7-10(13-5)8-17-12(2,3)4/h9-10,13H,6-8H2,1-5H3. The Bertz CT molecular complexity index is 329. The lowest BCUT2D eigenvalue weighted by Gasteiger charge is -2.22. The summed E-state index contributed by atoms with van der Waals surface area (Å²) < 4.78 is 2.28. The number of likely N-dealkylation sites (N-methyl/N-ethyl adjacent to an activating group) is 1. The Morgan fingerprint density at radius 3 is 2.71 bits per heavy atom. The summed E-state index contributed by atoms with van der Waals surface area (Å²) in [6.45, 7) is 9.73. The molecule has 98 valence electrons. The number of thioether (sulfide) groups is 1. The first kappa shape index (κ1) is 14.5. The molecular formula is C12H24N4S. The second-order valence-electron chi connectivity index (χ2n) is 5.11. The molecule has 1 atom stereocenters. The number of hydrogen-bond acceptors (Lipinski definition) is 4. The van der Waals surface area contributed by atoms with Gasteiger partial charge >= 0.3 is 0 Å². The second kappa shape index (κ2) is 6.40. The van der Waals surface area contributed by atoms with Crippen LogP contribution in [0.15, 0.2) is 6.33 Å². The molecule has 5 heteroatoms. The molecule has 0 bridgehead atoms. The molecule has 0 saturated carbocycles. The van der Waals surface area contributed by atoms with Gasteiger partial charge in [0, 0.05) is 29.5 Å². The normalized spacial score (nSPS) is 13.9. The number of rotatable bonds is 6. The van der Waals surface area contributed by atoms with Gasteiger partial charge in [0.1, 0.15) is 12.2 Å². The number of hydrogen-bond donors (Lipinski definition) is 1. The molecule has 4 nitrogen and oxygen atoms in total. The molecular weight excluding hydrogens is 232 g/mol. The van der Waals surface area contributed by atoms with Gasteiger partial charge in [-0.15, -0.1) is 0 Å². The van der Waals surface area contributed by atoms with E-state index in [1.165, 1.54) is 0 Å². The molecule has 17 heavy (non-hydrogen) atoms. The van der Waals surface area contributed by atoms with E-state index >= 15 is 0 Å². The highest BCUT2D eigenvalue weighted by Crippen LogP contribution is 2.24. The van der Waals surface area contributed by atoms with Crippen molar-refractivity contribution >= 4 is 11.8 Å². The van der Waals surface area contributed by atoms with Crippen LogP contribution >= 0.6 is 11.8 Å². The monoisotopic (exact) mass is 256 g/mol. The van der Waals surface area contributed by atoms with Gasteiger partial charge in [0.25, 0.3) is 0 Å². The van der Waals surface area contributed by atoms with Crippen LogP contribution in [0, 0.1) is 0 Å². The minimum absolute atomic E-state index is 0.313. The maximum absolute atomic E-state index is 4.32. The average molecular weight is 256 g/mol. The topological polar surface area (TPSA) is 42.7 Å². The minimum Gasteiger partial charge on any atom is -0.316 e. The minimum atomic E-state index is 0.313. The quantitative estimate of drug-likeness (QED) is 0.845. The Balaban J connectivity index is 2.52. The molecule has 1 aromatic heterocycles. The van der Waals surface area contributed by atoms with Crippen LogP contribution in [0.1, 0.15) is 33.5 Å². The summed E-state index contributed by atoms with van der Waals surface area (Å²) in [5, 5.41) is 7.56. The van der Waals surface area contributed by atoms with Gasteiger partial charge in [0.05, 0.1) is 0 Å². The summed E-state index contributed by atoms with van der Waals surface area (Å²) >= 11 is 1.98. The van der Waals surface area contributed by atoms with Crippen molar-refractivity contribution in [2.45, 2.75) is 51.4 Å². The van der Waals surface area contributed by atoms with Gasteiger partial charge in [-0.2, -0.15) is 16.9 Å². The fourth-order valence-electron chi connectivity index (χ4n) is 1.53. The Morgan fingerprint density at radius 2 is 2.18 bits per heavy atom. The van der Waals surface area contributed by atoms with Crippen LogP contribution in [0.4, 0.5) is 0 Å². The smallest absolute Gasteiger partial charge is 0.138 e. The van der Waals surface area contributed by atoms with Gasteiger partial charge in [0.15, 0.2) is 0 Å². The maximum atomic E-state index is 4.32. The fourth-order valence-corrected chi connectivity index (χ4v) is 2.51. The number of aromatic nitrogens is 3. The SMILES string of the molecule is CCn1ncnc1CC(CSC(C)(C)C)NC. The van der Waals surface area contributed by atoms with Crippen molar-refractivity contribution in [2.24, 2.45) is 0 Å². The van der Waals surface area contributed by atoms with Crippen molar-refractivity contribution in [3.63, 3.8) is 0 Å². The number of nitrogens with zero attached hydrogens (tertiary/aromatic N) is 3. The Labute approximate surface area is 109 Å². The molecule has 1 N–H and O–H groups in total. The first-order valence-electron chi connectivity index (χ1n) is 6.14. The second-order valence-corrected chi connectivity index (χ2v) is 6.95. The van der Waals surface area contributed by atoms with Gasteiger partial charge in [-0.05, 0) is 14.0 Å². The third-order valence-corrected chi connectivity index (χ3v) is 3.99. The molecule has 0 radical (unpaired) electrons. The van der Waals surface area contributed by atoms with E-state index in [1.54, 1.807) is 6.33 Å². The van der Waals surface area contributed by atoms with Gasteiger partial charge in [-0.1, -0.05) is 20.8 Å². The third-order valence-electron chi connectivity index (χ3n) is 2.55.